The highest BCUT2D eigenvalue weighted by Crippen LogP contribution is 2.44. The van der Waals surface area contributed by atoms with E-state index in [1.165, 1.54) is 6.07 Å². The molecule has 0 radical (unpaired) electrons. The van der Waals surface area contributed by atoms with Crippen LogP contribution in [-0.4, -0.2) is 62.8 Å². The standard InChI is InChI=1S/C32H41FN6O3Si/c1-31(2,41)15-14-24-25-29(38(30(40)32(25,3)4)20-42-17-18-43(5,6)7)36-27(35-24)26-22-12-10-16-34-28(22)39(37-26)19-21-11-8-9-13-23(21)33/h8-13,16,41H,14-15,17-20H2,1-7H3. The Balaban J connectivity index is 1.62. The van der Waals surface area contributed by atoms with Gasteiger partial charge in [0.1, 0.15) is 24.1 Å². The molecule has 4 heterocycles. The average molecular weight is 605 g/mol. The maximum absolute atomic E-state index is 14.6. The first-order chi connectivity index (χ1) is 20.2. The molecule has 11 heteroatoms. The molecule has 0 spiro atoms. The fourth-order valence-electron chi connectivity index (χ4n) is 5.31. The third-order valence-electron chi connectivity index (χ3n) is 7.81. The Morgan fingerprint density at radius 1 is 1.09 bits per heavy atom. The van der Waals surface area contributed by atoms with Crippen molar-refractivity contribution in [2.24, 2.45) is 0 Å². The summed E-state index contributed by atoms with van der Waals surface area (Å²) < 4.78 is 22.3. The molecule has 0 saturated carbocycles. The molecule has 1 N–H and O–H groups in total. The first-order valence-corrected chi connectivity index (χ1v) is 18.5. The van der Waals surface area contributed by atoms with Crippen molar-refractivity contribution in [1.82, 2.24) is 24.7 Å². The molecule has 9 nitrogen and oxygen atoms in total. The fraction of sp³-hybridized carbons (Fsp3) is 0.469. The minimum Gasteiger partial charge on any atom is -0.390 e. The van der Waals surface area contributed by atoms with Gasteiger partial charge in [0.25, 0.3) is 0 Å². The number of fused-ring (bicyclic) bond motifs is 2. The van der Waals surface area contributed by atoms with Crippen LogP contribution in [0.2, 0.25) is 25.7 Å². The molecule has 1 aromatic carbocycles. The van der Waals surface area contributed by atoms with Crippen LogP contribution in [0.1, 0.15) is 50.9 Å². The summed E-state index contributed by atoms with van der Waals surface area (Å²) in [5.74, 6) is 0.409. The van der Waals surface area contributed by atoms with Gasteiger partial charge in [-0.1, -0.05) is 37.8 Å². The second-order valence-corrected chi connectivity index (χ2v) is 19.3. The van der Waals surface area contributed by atoms with E-state index in [1.807, 2.05) is 26.0 Å². The smallest absolute Gasteiger partial charge is 0.240 e. The Hall–Kier alpha value is -3.54. The molecular weight excluding hydrogens is 563 g/mol. The molecule has 43 heavy (non-hydrogen) atoms. The number of ether oxygens (including phenoxy) is 1. The van der Waals surface area contributed by atoms with Gasteiger partial charge in [0.2, 0.25) is 5.91 Å². The van der Waals surface area contributed by atoms with Gasteiger partial charge in [-0.25, -0.2) is 24.0 Å². The van der Waals surface area contributed by atoms with E-state index < -0.39 is 19.1 Å². The molecule has 1 aliphatic heterocycles. The van der Waals surface area contributed by atoms with E-state index in [0.717, 1.165) is 11.6 Å². The molecule has 1 amide bonds. The molecule has 228 valence electrons. The molecule has 0 saturated heterocycles. The first kappa shape index (κ1) is 30.9. The van der Waals surface area contributed by atoms with Crippen LogP contribution in [-0.2, 0) is 27.9 Å². The number of nitrogens with zero attached hydrogens (tertiary/aromatic N) is 6. The lowest BCUT2D eigenvalue weighted by Crippen LogP contribution is -2.38. The summed E-state index contributed by atoms with van der Waals surface area (Å²) in [7, 11) is -1.32. The lowest BCUT2D eigenvalue weighted by Gasteiger charge is -2.21. The van der Waals surface area contributed by atoms with Crippen molar-refractivity contribution in [1.29, 1.82) is 0 Å². The molecule has 0 fully saturated rings. The molecule has 1 aliphatic rings. The van der Waals surface area contributed by atoms with Crippen molar-refractivity contribution in [3.05, 3.63) is 65.2 Å². The van der Waals surface area contributed by atoms with Crippen LogP contribution in [0.3, 0.4) is 0 Å². The number of rotatable bonds is 11. The minimum atomic E-state index is -1.32. The third kappa shape index (κ3) is 6.53. The van der Waals surface area contributed by atoms with Crippen LogP contribution in [0.5, 0.6) is 0 Å². The zero-order valence-corrected chi connectivity index (χ0v) is 27.1. The Morgan fingerprint density at radius 2 is 1.84 bits per heavy atom. The van der Waals surface area contributed by atoms with Crippen molar-refractivity contribution in [2.75, 3.05) is 18.2 Å². The van der Waals surface area contributed by atoms with Crippen LogP contribution in [0, 0.1) is 5.82 Å². The maximum atomic E-state index is 14.6. The van der Waals surface area contributed by atoms with Gasteiger partial charge >= 0.3 is 0 Å². The monoisotopic (exact) mass is 604 g/mol. The molecule has 0 atom stereocenters. The number of amides is 1. The minimum absolute atomic E-state index is 0.0884. The molecule has 0 bridgehead atoms. The Morgan fingerprint density at radius 3 is 2.53 bits per heavy atom. The summed E-state index contributed by atoms with van der Waals surface area (Å²) in [4.78, 5) is 29.9. The number of carbonyl (C=O) groups is 1. The molecule has 5 rings (SSSR count). The number of aryl methyl sites for hydroxylation is 1. The van der Waals surface area contributed by atoms with E-state index in [0.29, 0.717) is 59.1 Å². The van der Waals surface area contributed by atoms with Crippen molar-refractivity contribution in [3.8, 4) is 11.5 Å². The third-order valence-corrected chi connectivity index (χ3v) is 9.52. The molecule has 0 aliphatic carbocycles. The number of aliphatic hydroxyl groups is 1. The van der Waals surface area contributed by atoms with Crippen LogP contribution in [0.4, 0.5) is 10.2 Å². The lowest BCUT2D eigenvalue weighted by molar-refractivity contribution is -0.123. The zero-order valence-electron chi connectivity index (χ0n) is 26.1. The Labute approximate surface area is 253 Å². The SMILES string of the molecule is CC(C)(O)CCc1nc(-c2nn(Cc3ccccc3F)c3ncccc23)nc2c1C(C)(C)C(=O)N2COCC[Si](C)(C)C. The van der Waals surface area contributed by atoms with E-state index in [4.69, 9.17) is 19.8 Å². The highest BCUT2D eigenvalue weighted by atomic mass is 28.3. The van der Waals surface area contributed by atoms with Crippen molar-refractivity contribution in [3.63, 3.8) is 0 Å². The number of carbonyl (C=O) groups excluding carboxylic acids is 1. The van der Waals surface area contributed by atoms with Gasteiger partial charge in [0.15, 0.2) is 11.5 Å². The first-order valence-electron chi connectivity index (χ1n) is 14.7. The van der Waals surface area contributed by atoms with E-state index in [2.05, 4.69) is 24.6 Å². The van der Waals surface area contributed by atoms with Gasteiger partial charge in [0.05, 0.1) is 28.6 Å². The summed E-state index contributed by atoms with van der Waals surface area (Å²) in [6, 6.07) is 11.3. The number of halogens is 1. The van der Waals surface area contributed by atoms with Crippen LogP contribution >= 0.6 is 0 Å². The van der Waals surface area contributed by atoms with Crippen LogP contribution in [0.15, 0.2) is 42.6 Å². The van der Waals surface area contributed by atoms with Crippen molar-refractivity contribution in [2.45, 2.75) is 83.8 Å². The predicted octanol–water partition coefficient (Wildman–Crippen LogP) is 5.72. The van der Waals surface area contributed by atoms with E-state index in [1.54, 1.807) is 47.8 Å². The number of hydrogen-bond acceptors (Lipinski definition) is 7. The second-order valence-electron chi connectivity index (χ2n) is 13.7. The molecule has 4 aromatic rings. The van der Waals surface area contributed by atoms with Gasteiger partial charge in [-0.05, 0) is 64.8 Å². The summed E-state index contributed by atoms with van der Waals surface area (Å²) >= 11 is 0. The Kier molecular flexibility index (Phi) is 8.27. The van der Waals surface area contributed by atoms with E-state index >= 15 is 0 Å². The number of anilines is 1. The normalized spacial score (nSPS) is 15.0. The number of pyridine rings is 1. The second kappa shape index (κ2) is 11.5. The van der Waals surface area contributed by atoms with Gasteiger partial charge in [-0.3, -0.25) is 9.69 Å². The molecular formula is C32H41FN6O3Si. The topological polar surface area (TPSA) is 106 Å². The Bertz CT molecular complexity index is 1660. The summed E-state index contributed by atoms with van der Waals surface area (Å²) in [6.45, 7) is 15.0. The number of benzene rings is 1. The largest absolute Gasteiger partial charge is 0.390 e. The fourth-order valence-corrected chi connectivity index (χ4v) is 6.06. The highest BCUT2D eigenvalue weighted by molar-refractivity contribution is 6.76. The van der Waals surface area contributed by atoms with Gasteiger partial charge in [-0.2, -0.15) is 5.10 Å². The zero-order chi connectivity index (χ0) is 31.2. The predicted molar refractivity (Wildman–Crippen MR) is 168 cm³/mol. The van der Waals surface area contributed by atoms with Crippen LogP contribution < -0.4 is 4.90 Å². The molecule has 3 aromatic heterocycles. The van der Waals surface area contributed by atoms with E-state index in [9.17, 15) is 14.3 Å². The molecule has 0 unspecified atom stereocenters. The van der Waals surface area contributed by atoms with Gasteiger partial charge in [-0.15, -0.1) is 0 Å². The van der Waals surface area contributed by atoms with Gasteiger partial charge in [0, 0.05) is 32.0 Å². The summed E-state index contributed by atoms with van der Waals surface area (Å²) in [5.41, 5.74) is 1.17. The summed E-state index contributed by atoms with van der Waals surface area (Å²) in [6.07, 6.45) is 2.55. The maximum Gasteiger partial charge on any atom is 0.240 e. The highest BCUT2D eigenvalue weighted by Gasteiger charge is 2.48. The lowest BCUT2D eigenvalue weighted by atomic mass is 9.84. The number of aromatic nitrogens is 5. The van der Waals surface area contributed by atoms with Gasteiger partial charge < -0.3 is 9.84 Å². The van der Waals surface area contributed by atoms with Crippen LogP contribution in [0.25, 0.3) is 22.6 Å². The average Bonchev–Trinajstić information content (AvgIpc) is 3.38. The van der Waals surface area contributed by atoms with Crippen molar-refractivity contribution < 1.29 is 19.0 Å². The number of hydrogen-bond donors (Lipinski definition) is 1. The van der Waals surface area contributed by atoms with E-state index in [-0.39, 0.29) is 25.0 Å². The quantitative estimate of drug-likeness (QED) is 0.173. The van der Waals surface area contributed by atoms with Crippen molar-refractivity contribution >= 4 is 30.8 Å². The summed E-state index contributed by atoms with van der Waals surface area (Å²) in [5, 5.41) is 16.1.